The Kier molecular flexibility index (Phi) is 4.84. The maximum Gasteiger partial charge on any atom is 0.257 e. The fraction of sp³-hybridized carbons (Fsp3) is 0.533. The van der Waals surface area contributed by atoms with Crippen molar-refractivity contribution in [3.8, 4) is 11.5 Å². The Labute approximate surface area is 119 Å². The summed E-state index contributed by atoms with van der Waals surface area (Å²) < 4.78 is 0. The van der Waals surface area contributed by atoms with Crippen molar-refractivity contribution >= 4 is 5.91 Å². The maximum atomic E-state index is 12.4. The van der Waals surface area contributed by atoms with Gasteiger partial charge in [0.2, 0.25) is 0 Å². The van der Waals surface area contributed by atoms with Crippen LogP contribution in [0.25, 0.3) is 0 Å². The molecule has 1 saturated heterocycles. The molecular formula is C15H22N2O3. The van der Waals surface area contributed by atoms with Gasteiger partial charge in [-0.25, -0.2) is 0 Å². The van der Waals surface area contributed by atoms with Crippen molar-refractivity contribution in [2.24, 2.45) is 0 Å². The van der Waals surface area contributed by atoms with E-state index in [1.54, 1.807) is 4.90 Å². The molecule has 0 spiro atoms. The highest BCUT2D eigenvalue weighted by molar-refractivity contribution is 5.97. The smallest absolute Gasteiger partial charge is 0.257 e. The molecule has 1 aliphatic rings. The molecule has 1 amide bonds. The molecule has 0 bridgehead atoms. The lowest BCUT2D eigenvalue weighted by atomic mass is 10.0. The lowest BCUT2D eigenvalue weighted by molar-refractivity contribution is 0.0692. The summed E-state index contributed by atoms with van der Waals surface area (Å²) in [5.74, 6) is -0.385. The van der Waals surface area contributed by atoms with Crippen LogP contribution < -0.4 is 5.32 Å². The summed E-state index contributed by atoms with van der Waals surface area (Å²) in [4.78, 5) is 14.2. The number of likely N-dealkylation sites (tertiary alicyclic amines) is 1. The standard InChI is InChI=1S/C15H22N2O3/c1-2-7-16-11-4-3-8-17(10-11)15(20)13-6-5-12(18)9-14(13)19/h5-6,9,11,16,18-19H,2-4,7-8,10H2,1H3. The quantitative estimate of drug-likeness (QED) is 0.784. The summed E-state index contributed by atoms with van der Waals surface area (Å²) in [5.41, 5.74) is 0.249. The first-order chi connectivity index (χ1) is 9.61. The molecule has 5 nitrogen and oxygen atoms in total. The van der Waals surface area contributed by atoms with Gasteiger partial charge in [0.1, 0.15) is 11.5 Å². The molecule has 1 fully saturated rings. The van der Waals surface area contributed by atoms with Gasteiger partial charge in [-0.15, -0.1) is 0 Å². The van der Waals surface area contributed by atoms with Gasteiger partial charge < -0.3 is 20.4 Å². The molecular weight excluding hydrogens is 256 g/mol. The van der Waals surface area contributed by atoms with Gasteiger partial charge in [-0.05, 0) is 37.9 Å². The summed E-state index contributed by atoms with van der Waals surface area (Å²) in [7, 11) is 0. The van der Waals surface area contributed by atoms with E-state index in [0.717, 1.165) is 25.8 Å². The highest BCUT2D eigenvalue weighted by atomic mass is 16.3. The average Bonchev–Trinajstić information content (AvgIpc) is 2.45. The van der Waals surface area contributed by atoms with Crippen LogP contribution in [0, 0.1) is 0 Å². The molecule has 1 atom stereocenters. The van der Waals surface area contributed by atoms with Crippen LogP contribution in [0.2, 0.25) is 0 Å². The number of phenolic OH excluding ortho intramolecular Hbond substituents is 2. The van der Waals surface area contributed by atoms with Gasteiger partial charge in [0.25, 0.3) is 5.91 Å². The van der Waals surface area contributed by atoms with Crippen molar-refractivity contribution in [3.63, 3.8) is 0 Å². The van der Waals surface area contributed by atoms with Crippen LogP contribution >= 0.6 is 0 Å². The second kappa shape index (κ2) is 6.61. The summed E-state index contributed by atoms with van der Waals surface area (Å²) in [6.07, 6.45) is 3.11. The van der Waals surface area contributed by atoms with Crippen LogP contribution in [0.5, 0.6) is 11.5 Å². The number of hydrogen-bond donors (Lipinski definition) is 3. The molecule has 5 heteroatoms. The molecule has 1 aromatic rings. The molecule has 1 unspecified atom stereocenters. The zero-order valence-corrected chi connectivity index (χ0v) is 11.8. The van der Waals surface area contributed by atoms with Crippen molar-refractivity contribution in [1.29, 1.82) is 0 Å². The minimum Gasteiger partial charge on any atom is -0.508 e. The molecule has 1 aromatic carbocycles. The number of carbonyl (C=O) groups is 1. The Hall–Kier alpha value is -1.75. The zero-order valence-electron chi connectivity index (χ0n) is 11.8. The third-order valence-corrected chi connectivity index (χ3v) is 3.60. The predicted molar refractivity (Wildman–Crippen MR) is 77.0 cm³/mol. The SMILES string of the molecule is CCCNC1CCCN(C(=O)c2ccc(O)cc2O)C1. The Morgan fingerprint density at radius 2 is 2.25 bits per heavy atom. The zero-order chi connectivity index (χ0) is 14.5. The van der Waals surface area contributed by atoms with E-state index in [1.165, 1.54) is 18.2 Å². The molecule has 2 rings (SSSR count). The molecule has 0 saturated carbocycles. The summed E-state index contributed by atoms with van der Waals surface area (Å²) in [6.45, 7) is 4.45. The Morgan fingerprint density at radius 1 is 1.45 bits per heavy atom. The van der Waals surface area contributed by atoms with Crippen molar-refractivity contribution in [2.45, 2.75) is 32.2 Å². The number of rotatable bonds is 4. The summed E-state index contributed by atoms with van der Waals surface area (Å²) >= 11 is 0. The largest absolute Gasteiger partial charge is 0.508 e. The van der Waals surface area contributed by atoms with Crippen molar-refractivity contribution in [3.05, 3.63) is 23.8 Å². The number of hydrogen-bond acceptors (Lipinski definition) is 4. The number of nitrogens with one attached hydrogen (secondary N) is 1. The van der Waals surface area contributed by atoms with E-state index in [0.29, 0.717) is 19.1 Å². The third kappa shape index (κ3) is 3.42. The fourth-order valence-electron chi connectivity index (χ4n) is 2.55. The van der Waals surface area contributed by atoms with E-state index in [-0.39, 0.29) is 23.0 Å². The monoisotopic (exact) mass is 278 g/mol. The minimum absolute atomic E-state index is 0.0415. The molecule has 0 aromatic heterocycles. The van der Waals surface area contributed by atoms with Crippen LogP contribution in [0.15, 0.2) is 18.2 Å². The minimum atomic E-state index is -0.175. The number of benzene rings is 1. The molecule has 110 valence electrons. The third-order valence-electron chi connectivity index (χ3n) is 3.60. The maximum absolute atomic E-state index is 12.4. The van der Waals surface area contributed by atoms with E-state index in [4.69, 9.17) is 0 Å². The van der Waals surface area contributed by atoms with Gasteiger partial charge >= 0.3 is 0 Å². The first-order valence-corrected chi connectivity index (χ1v) is 7.16. The number of nitrogens with zero attached hydrogens (tertiary/aromatic N) is 1. The van der Waals surface area contributed by atoms with Gasteiger partial charge in [-0.3, -0.25) is 4.79 Å². The molecule has 3 N–H and O–H groups in total. The van der Waals surface area contributed by atoms with Crippen molar-refractivity contribution in [1.82, 2.24) is 10.2 Å². The van der Waals surface area contributed by atoms with Crippen LogP contribution in [0.1, 0.15) is 36.5 Å². The second-order valence-corrected chi connectivity index (χ2v) is 5.25. The van der Waals surface area contributed by atoms with E-state index in [1.807, 2.05) is 0 Å². The Bertz CT molecular complexity index is 476. The van der Waals surface area contributed by atoms with E-state index in [9.17, 15) is 15.0 Å². The van der Waals surface area contributed by atoms with Gasteiger partial charge in [0, 0.05) is 25.2 Å². The van der Waals surface area contributed by atoms with Crippen LogP contribution in [0.4, 0.5) is 0 Å². The van der Waals surface area contributed by atoms with Gasteiger partial charge in [0.05, 0.1) is 5.56 Å². The highest BCUT2D eigenvalue weighted by Gasteiger charge is 2.25. The number of phenols is 2. The van der Waals surface area contributed by atoms with Gasteiger partial charge in [-0.1, -0.05) is 6.92 Å². The number of amides is 1. The Morgan fingerprint density at radius 3 is 2.95 bits per heavy atom. The molecule has 0 aliphatic carbocycles. The summed E-state index contributed by atoms with van der Waals surface area (Å²) in [6, 6.07) is 4.41. The lowest BCUT2D eigenvalue weighted by Gasteiger charge is -2.33. The van der Waals surface area contributed by atoms with E-state index >= 15 is 0 Å². The first kappa shape index (κ1) is 14.7. The number of aromatic hydroxyl groups is 2. The average molecular weight is 278 g/mol. The number of carbonyl (C=O) groups excluding carboxylic acids is 1. The second-order valence-electron chi connectivity index (χ2n) is 5.25. The Balaban J connectivity index is 2.04. The van der Waals surface area contributed by atoms with Crippen LogP contribution in [0.3, 0.4) is 0 Å². The lowest BCUT2D eigenvalue weighted by Crippen LogP contribution is -2.48. The van der Waals surface area contributed by atoms with Crippen molar-refractivity contribution in [2.75, 3.05) is 19.6 Å². The van der Waals surface area contributed by atoms with Gasteiger partial charge in [-0.2, -0.15) is 0 Å². The topological polar surface area (TPSA) is 72.8 Å². The van der Waals surface area contributed by atoms with E-state index < -0.39 is 0 Å². The number of piperidine rings is 1. The fourth-order valence-corrected chi connectivity index (χ4v) is 2.55. The molecule has 1 heterocycles. The highest BCUT2D eigenvalue weighted by Crippen LogP contribution is 2.25. The molecule has 1 aliphatic heterocycles. The predicted octanol–water partition coefficient (Wildman–Crippen LogP) is 1.70. The van der Waals surface area contributed by atoms with Crippen molar-refractivity contribution < 1.29 is 15.0 Å². The van der Waals surface area contributed by atoms with Crippen LogP contribution in [-0.4, -0.2) is 46.7 Å². The molecule has 20 heavy (non-hydrogen) atoms. The summed E-state index contributed by atoms with van der Waals surface area (Å²) in [5, 5.41) is 22.5. The first-order valence-electron chi connectivity index (χ1n) is 7.16. The van der Waals surface area contributed by atoms with Crippen LogP contribution in [-0.2, 0) is 0 Å². The molecule has 0 radical (unpaired) electrons. The van der Waals surface area contributed by atoms with E-state index in [2.05, 4.69) is 12.2 Å². The normalized spacial score (nSPS) is 19.1. The van der Waals surface area contributed by atoms with Gasteiger partial charge in [0.15, 0.2) is 0 Å².